The normalized spacial score (nSPS) is 9.40. The first-order chi connectivity index (χ1) is 4.74. The van der Waals surface area contributed by atoms with Crippen molar-refractivity contribution in [1.29, 1.82) is 0 Å². The third-order valence-electron chi connectivity index (χ3n) is 1.18. The molecule has 1 rings (SSSR count). The van der Waals surface area contributed by atoms with Gasteiger partial charge in [-0.25, -0.2) is 4.73 Å². The van der Waals surface area contributed by atoms with Crippen molar-refractivity contribution in [2.45, 2.75) is 6.92 Å². The van der Waals surface area contributed by atoms with Gasteiger partial charge in [-0.15, -0.1) is 0 Å². The van der Waals surface area contributed by atoms with Crippen LogP contribution in [-0.2, 0) is 0 Å². The first kappa shape index (κ1) is 6.80. The minimum Gasteiger partial charge on any atom is -0.711 e. The van der Waals surface area contributed by atoms with Gasteiger partial charge in [0.1, 0.15) is 5.69 Å². The van der Waals surface area contributed by atoms with E-state index in [0.717, 1.165) is 0 Å². The van der Waals surface area contributed by atoms with Crippen LogP contribution in [0, 0.1) is 12.1 Å². The second-order valence-electron chi connectivity index (χ2n) is 1.90. The molecule has 0 amide bonds. The van der Waals surface area contributed by atoms with Gasteiger partial charge >= 0.3 is 5.88 Å². The Balaban J connectivity index is 3.04. The molecule has 0 radical (unpaired) electrons. The summed E-state index contributed by atoms with van der Waals surface area (Å²) in [6, 6.07) is 1.58. The molecule has 0 spiro atoms. The topological polar surface area (TPSA) is 49.1 Å². The zero-order valence-electron chi connectivity index (χ0n) is 5.87. The van der Waals surface area contributed by atoms with E-state index in [1.807, 2.05) is 0 Å². The molecule has 0 fully saturated rings. The average Bonchev–Trinajstić information content (AvgIpc) is 1.95. The predicted octanol–water partition coefficient (Wildman–Crippen LogP) is 0.0320. The van der Waals surface area contributed by atoms with Crippen molar-refractivity contribution in [2.24, 2.45) is 0 Å². The monoisotopic (exact) mass is 140 g/mol. The van der Waals surface area contributed by atoms with Crippen molar-refractivity contribution in [2.75, 3.05) is 7.11 Å². The summed E-state index contributed by atoms with van der Waals surface area (Å²) in [5, 5.41) is 10.7. The molecule has 54 valence electrons. The first-order valence-corrected chi connectivity index (χ1v) is 2.84. The molecular formula is C6H8N2O2. The maximum Gasteiger partial charge on any atom is 0.331 e. The van der Waals surface area contributed by atoms with Crippen LogP contribution in [0.5, 0.6) is 5.88 Å². The van der Waals surface area contributed by atoms with Gasteiger partial charge < -0.3 is 9.94 Å². The van der Waals surface area contributed by atoms with Crippen LogP contribution in [0.25, 0.3) is 0 Å². The van der Waals surface area contributed by atoms with E-state index in [1.165, 1.54) is 13.4 Å². The van der Waals surface area contributed by atoms with E-state index in [4.69, 9.17) is 4.74 Å². The molecular weight excluding hydrogens is 132 g/mol. The highest BCUT2D eigenvalue weighted by atomic mass is 16.5. The number of nitrogens with zero attached hydrogens (tertiary/aromatic N) is 2. The van der Waals surface area contributed by atoms with E-state index in [1.54, 1.807) is 13.0 Å². The minimum atomic E-state index is 0.463. The van der Waals surface area contributed by atoms with Gasteiger partial charge in [-0.3, -0.25) is 0 Å². The number of aromatic nitrogens is 2. The molecule has 1 aromatic rings. The molecule has 0 atom stereocenters. The quantitative estimate of drug-likeness (QED) is 0.408. The van der Waals surface area contributed by atoms with E-state index in [0.29, 0.717) is 16.3 Å². The van der Waals surface area contributed by atoms with Gasteiger partial charge in [-0.1, -0.05) is 0 Å². The summed E-state index contributed by atoms with van der Waals surface area (Å²) in [6.07, 6.45) is 1.17. The van der Waals surface area contributed by atoms with Gasteiger partial charge in [0, 0.05) is 0 Å². The second-order valence-corrected chi connectivity index (χ2v) is 1.90. The summed E-state index contributed by atoms with van der Waals surface area (Å²) in [6.45, 7) is 1.69. The van der Waals surface area contributed by atoms with Crippen molar-refractivity contribution >= 4 is 0 Å². The zero-order chi connectivity index (χ0) is 7.56. The molecule has 0 aromatic carbocycles. The largest absolute Gasteiger partial charge is 0.711 e. The molecule has 4 heteroatoms. The van der Waals surface area contributed by atoms with Crippen molar-refractivity contribution in [3.63, 3.8) is 0 Å². The van der Waals surface area contributed by atoms with Crippen LogP contribution < -0.4 is 9.47 Å². The summed E-state index contributed by atoms with van der Waals surface area (Å²) in [5.74, 6) is 0.463. The fraction of sp³-hybridized carbons (Fsp3) is 0.333. The van der Waals surface area contributed by atoms with Crippen LogP contribution >= 0.6 is 0 Å². The highest BCUT2D eigenvalue weighted by Gasteiger charge is 2.01. The molecule has 10 heavy (non-hydrogen) atoms. The minimum absolute atomic E-state index is 0.463. The Labute approximate surface area is 58.7 Å². The lowest BCUT2D eigenvalue weighted by Gasteiger charge is -2.02. The van der Waals surface area contributed by atoms with E-state index in [-0.39, 0.29) is 0 Å². The lowest BCUT2D eigenvalue weighted by atomic mass is 10.4. The Hall–Kier alpha value is -1.32. The Morgan fingerprint density at radius 2 is 2.40 bits per heavy atom. The Morgan fingerprint density at radius 3 is 2.90 bits per heavy atom. The molecule has 0 aliphatic rings. The van der Waals surface area contributed by atoms with Crippen LogP contribution in [-0.4, -0.2) is 12.1 Å². The highest BCUT2D eigenvalue weighted by Crippen LogP contribution is 2.01. The van der Waals surface area contributed by atoms with Crippen molar-refractivity contribution in [1.82, 2.24) is 4.98 Å². The van der Waals surface area contributed by atoms with Gasteiger partial charge in [0.25, 0.3) is 6.33 Å². The molecule has 0 aliphatic carbocycles. The number of rotatable bonds is 1. The van der Waals surface area contributed by atoms with Gasteiger partial charge in [-0.2, -0.15) is 0 Å². The Morgan fingerprint density at radius 1 is 1.70 bits per heavy atom. The average molecular weight is 140 g/mol. The second kappa shape index (κ2) is 2.51. The third kappa shape index (κ3) is 1.15. The van der Waals surface area contributed by atoms with Crippen molar-refractivity contribution in [3.05, 3.63) is 23.3 Å². The van der Waals surface area contributed by atoms with Gasteiger partial charge in [0.05, 0.1) is 13.2 Å². The molecule has 0 saturated carbocycles. The molecule has 0 unspecified atom stereocenters. The fourth-order valence-corrected chi connectivity index (χ4v) is 0.592. The summed E-state index contributed by atoms with van der Waals surface area (Å²) in [5.41, 5.74) is 0.576. The number of hydrogen-bond donors (Lipinski definition) is 0. The third-order valence-corrected chi connectivity index (χ3v) is 1.18. The SMILES string of the molecule is COc1cc(C)[n+]([O-])cn1. The zero-order valence-corrected chi connectivity index (χ0v) is 5.87. The Bertz CT molecular complexity index is 237. The van der Waals surface area contributed by atoms with E-state index in [9.17, 15) is 5.21 Å². The predicted molar refractivity (Wildman–Crippen MR) is 34.5 cm³/mol. The smallest absolute Gasteiger partial charge is 0.331 e. The molecule has 0 bridgehead atoms. The van der Waals surface area contributed by atoms with Crippen molar-refractivity contribution < 1.29 is 9.47 Å². The van der Waals surface area contributed by atoms with Crippen LogP contribution in [0.15, 0.2) is 12.4 Å². The summed E-state index contributed by atoms with van der Waals surface area (Å²) < 4.78 is 5.47. The maximum absolute atomic E-state index is 10.7. The molecule has 1 aromatic heterocycles. The van der Waals surface area contributed by atoms with Crippen molar-refractivity contribution in [3.8, 4) is 5.88 Å². The van der Waals surface area contributed by atoms with Gasteiger partial charge in [0.15, 0.2) is 0 Å². The lowest BCUT2D eigenvalue weighted by Crippen LogP contribution is -2.29. The summed E-state index contributed by atoms with van der Waals surface area (Å²) in [7, 11) is 1.51. The summed E-state index contributed by atoms with van der Waals surface area (Å²) in [4.78, 5) is 3.69. The molecule has 0 aliphatic heterocycles. The number of aryl methyl sites for hydroxylation is 1. The number of methoxy groups -OCH3 is 1. The van der Waals surface area contributed by atoms with E-state index >= 15 is 0 Å². The number of hydrogen-bond acceptors (Lipinski definition) is 3. The summed E-state index contributed by atoms with van der Waals surface area (Å²) >= 11 is 0. The molecule has 0 N–H and O–H groups in total. The molecule has 0 saturated heterocycles. The lowest BCUT2D eigenvalue weighted by molar-refractivity contribution is -0.615. The fourth-order valence-electron chi connectivity index (χ4n) is 0.592. The molecule has 1 heterocycles. The standard InChI is InChI=1S/C6H8N2O2/c1-5-3-6(10-2)7-4-8(5)9/h3-4H,1-2H3. The number of ether oxygens (including phenoxy) is 1. The van der Waals surface area contributed by atoms with E-state index in [2.05, 4.69) is 4.98 Å². The molecule has 4 nitrogen and oxygen atoms in total. The van der Waals surface area contributed by atoms with Crippen LogP contribution in [0.4, 0.5) is 0 Å². The highest BCUT2D eigenvalue weighted by molar-refractivity contribution is 5.08. The van der Waals surface area contributed by atoms with Crippen LogP contribution in [0.1, 0.15) is 5.69 Å². The van der Waals surface area contributed by atoms with Crippen LogP contribution in [0.2, 0.25) is 0 Å². The Kier molecular flexibility index (Phi) is 1.71. The first-order valence-electron chi connectivity index (χ1n) is 2.84. The van der Waals surface area contributed by atoms with Gasteiger partial charge in [0.2, 0.25) is 0 Å². The van der Waals surface area contributed by atoms with Crippen LogP contribution in [0.3, 0.4) is 0 Å². The van der Waals surface area contributed by atoms with Gasteiger partial charge in [-0.05, 0) is 11.9 Å². The maximum atomic E-state index is 10.7. The van der Waals surface area contributed by atoms with E-state index < -0.39 is 0 Å².